The standard InChI is InChI=1S/C14H24ClFN4O2/c1-9(2)8-20(19-13(21)22-14(4,5)6)12(11(16)7-17)18-10(3)15/h7,9H,3,8,17H2,1-2,4-6H3,(H,19,21)/b11-7+,18-12+. The minimum absolute atomic E-state index is 0.0919. The number of amides is 1. The molecule has 0 aliphatic heterocycles. The molecule has 8 heteroatoms. The number of rotatable bonds is 4. The first-order valence-electron chi connectivity index (χ1n) is 6.74. The van der Waals surface area contributed by atoms with Crippen molar-refractivity contribution < 1.29 is 13.9 Å². The SMILES string of the molecule is C=C(Cl)/N=C(\C(F)=C/N)N(CC(C)C)NC(=O)OC(C)(C)C. The van der Waals surface area contributed by atoms with Crippen molar-refractivity contribution in [3.63, 3.8) is 0 Å². The third-order valence-corrected chi connectivity index (χ3v) is 2.10. The van der Waals surface area contributed by atoms with E-state index in [2.05, 4.69) is 17.0 Å². The minimum atomic E-state index is -0.849. The number of halogens is 2. The van der Waals surface area contributed by atoms with Crippen molar-refractivity contribution in [1.29, 1.82) is 0 Å². The molecule has 0 spiro atoms. The fourth-order valence-electron chi connectivity index (χ4n) is 1.39. The Morgan fingerprint density at radius 1 is 1.55 bits per heavy atom. The molecule has 0 rings (SSSR count). The van der Waals surface area contributed by atoms with E-state index in [0.29, 0.717) is 0 Å². The maximum atomic E-state index is 13.9. The van der Waals surface area contributed by atoms with Crippen molar-refractivity contribution in [3.05, 3.63) is 23.8 Å². The van der Waals surface area contributed by atoms with E-state index in [1.54, 1.807) is 20.8 Å². The van der Waals surface area contributed by atoms with Crippen LogP contribution in [0.2, 0.25) is 0 Å². The van der Waals surface area contributed by atoms with Gasteiger partial charge in [-0.05, 0) is 26.7 Å². The summed E-state index contributed by atoms with van der Waals surface area (Å²) in [6.45, 7) is 12.6. The zero-order valence-electron chi connectivity index (χ0n) is 13.6. The minimum Gasteiger partial charge on any atom is -0.443 e. The number of hydrogen-bond donors (Lipinski definition) is 2. The lowest BCUT2D eigenvalue weighted by Gasteiger charge is -2.29. The predicted molar refractivity (Wildman–Crippen MR) is 86.7 cm³/mol. The molecule has 3 N–H and O–H groups in total. The van der Waals surface area contributed by atoms with E-state index in [1.165, 1.54) is 5.01 Å². The van der Waals surface area contributed by atoms with Gasteiger partial charge in [0.1, 0.15) is 10.8 Å². The Morgan fingerprint density at radius 3 is 2.45 bits per heavy atom. The molecule has 6 nitrogen and oxygen atoms in total. The van der Waals surface area contributed by atoms with Gasteiger partial charge in [-0.25, -0.2) is 19.6 Å². The Labute approximate surface area is 135 Å². The number of carbonyl (C=O) groups is 1. The van der Waals surface area contributed by atoms with E-state index >= 15 is 0 Å². The summed E-state index contributed by atoms with van der Waals surface area (Å²) in [5.41, 5.74) is 6.93. The zero-order valence-corrected chi connectivity index (χ0v) is 14.4. The topological polar surface area (TPSA) is 80.0 Å². The van der Waals surface area contributed by atoms with Gasteiger partial charge in [-0.3, -0.25) is 5.01 Å². The fourth-order valence-corrected chi connectivity index (χ4v) is 1.47. The molecule has 0 radical (unpaired) electrons. The molecule has 0 bridgehead atoms. The van der Waals surface area contributed by atoms with Crippen LogP contribution in [0.3, 0.4) is 0 Å². The number of aliphatic imine (C=N–C) groups is 1. The second kappa shape index (κ2) is 8.63. The van der Waals surface area contributed by atoms with Crippen LogP contribution in [0.5, 0.6) is 0 Å². The molecule has 0 unspecified atom stereocenters. The number of hydrazine groups is 1. The van der Waals surface area contributed by atoms with E-state index in [9.17, 15) is 9.18 Å². The molecule has 0 atom stereocenters. The van der Waals surface area contributed by atoms with Crippen LogP contribution in [0, 0.1) is 5.92 Å². The number of amidine groups is 1. The van der Waals surface area contributed by atoms with E-state index < -0.39 is 17.5 Å². The molecule has 0 heterocycles. The van der Waals surface area contributed by atoms with Crippen molar-refractivity contribution >= 4 is 23.5 Å². The van der Waals surface area contributed by atoms with Crippen LogP contribution >= 0.6 is 11.6 Å². The highest BCUT2D eigenvalue weighted by Gasteiger charge is 2.23. The van der Waals surface area contributed by atoms with Gasteiger partial charge < -0.3 is 10.5 Å². The molecule has 0 aromatic heterocycles. The maximum absolute atomic E-state index is 13.9. The Kier molecular flexibility index (Phi) is 7.94. The predicted octanol–water partition coefficient (Wildman–Crippen LogP) is 3.26. The second-order valence-electron chi connectivity index (χ2n) is 5.94. The number of nitrogens with zero attached hydrogens (tertiary/aromatic N) is 2. The highest BCUT2D eigenvalue weighted by molar-refractivity contribution is 6.29. The lowest BCUT2D eigenvalue weighted by atomic mass is 10.2. The monoisotopic (exact) mass is 334 g/mol. The van der Waals surface area contributed by atoms with Crippen molar-refractivity contribution in [2.24, 2.45) is 16.6 Å². The number of carbonyl (C=O) groups excluding carboxylic acids is 1. The largest absolute Gasteiger partial charge is 0.443 e. The van der Waals surface area contributed by atoms with E-state index in [1.807, 2.05) is 13.8 Å². The quantitative estimate of drug-likeness (QED) is 0.358. The molecule has 1 amide bonds. The van der Waals surface area contributed by atoms with Gasteiger partial charge >= 0.3 is 6.09 Å². The second-order valence-corrected chi connectivity index (χ2v) is 6.38. The van der Waals surface area contributed by atoms with Crippen molar-refractivity contribution in [2.75, 3.05) is 6.54 Å². The van der Waals surface area contributed by atoms with Crippen LogP contribution in [-0.2, 0) is 4.74 Å². The zero-order chi connectivity index (χ0) is 17.5. The third-order valence-electron chi connectivity index (χ3n) is 2.02. The fraction of sp³-hybridized carbons (Fsp3) is 0.571. The number of hydrogen-bond acceptors (Lipinski definition) is 4. The number of nitrogens with two attached hydrogens (primary N) is 1. The molecule has 22 heavy (non-hydrogen) atoms. The Bertz CT molecular complexity index is 470. The maximum Gasteiger partial charge on any atom is 0.426 e. The van der Waals surface area contributed by atoms with Crippen LogP contribution in [0.15, 0.2) is 28.8 Å². The molecule has 0 saturated carbocycles. The molecular weight excluding hydrogens is 311 g/mol. The lowest BCUT2D eigenvalue weighted by molar-refractivity contribution is 0.0406. The van der Waals surface area contributed by atoms with E-state index in [-0.39, 0.29) is 23.5 Å². The molecule has 0 aliphatic carbocycles. The molecule has 126 valence electrons. The Balaban J connectivity index is 5.40. The number of nitrogens with one attached hydrogen (secondary N) is 1. The van der Waals surface area contributed by atoms with Crippen LogP contribution in [0.25, 0.3) is 0 Å². The first-order valence-corrected chi connectivity index (χ1v) is 7.12. The molecule has 0 aromatic carbocycles. The first kappa shape index (κ1) is 20.2. The average molecular weight is 335 g/mol. The first-order chi connectivity index (χ1) is 9.96. The van der Waals surface area contributed by atoms with Gasteiger partial charge in [-0.1, -0.05) is 32.0 Å². The molecule has 0 fully saturated rings. The van der Waals surface area contributed by atoms with Crippen LogP contribution in [-0.4, -0.2) is 29.1 Å². The van der Waals surface area contributed by atoms with Gasteiger partial charge in [-0.2, -0.15) is 0 Å². The summed E-state index contributed by atoms with van der Waals surface area (Å²) in [6, 6.07) is 0. The number of ether oxygens (including phenoxy) is 1. The van der Waals surface area contributed by atoms with Crippen molar-refractivity contribution in [2.45, 2.75) is 40.2 Å². The summed E-state index contributed by atoms with van der Waals surface area (Å²) >= 11 is 5.61. The third kappa shape index (κ3) is 8.51. The smallest absolute Gasteiger partial charge is 0.426 e. The van der Waals surface area contributed by atoms with Crippen LogP contribution < -0.4 is 11.2 Å². The van der Waals surface area contributed by atoms with Gasteiger partial charge in [0.05, 0.1) is 0 Å². The summed E-state index contributed by atoms with van der Waals surface area (Å²) in [5.74, 6) is -1.00. The summed E-state index contributed by atoms with van der Waals surface area (Å²) in [5, 5.41) is 1.04. The van der Waals surface area contributed by atoms with Crippen LogP contribution in [0.4, 0.5) is 9.18 Å². The normalized spacial score (nSPS) is 13.1. The van der Waals surface area contributed by atoms with Gasteiger partial charge in [-0.15, -0.1) is 0 Å². The van der Waals surface area contributed by atoms with Crippen molar-refractivity contribution in [3.8, 4) is 0 Å². The summed E-state index contributed by atoms with van der Waals surface area (Å²) < 4.78 is 19.1. The van der Waals surface area contributed by atoms with Crippen LogP contribution in [0.1, 0.15) is 34.6 Å². The summed E-state index contributed by atoms with van der Waals surface area (Å²) in [6.07, 6.45) is -0.0196. The van der Waals surface area contributed by atoms with Gasteiger partial charge in [0.15, 0.2) is 11.7 Å². The van der Waals surface area contributed by atoms with Gasteiger partial charge in [0, 0.05) is 12.7 Å². The average Bonchev–Trinajstić information content (AvgIpc) is 2.31. The van der Waals surface area contributed by atoms with Gasteiger partial charge in [0.25, 0.3) is 0 Å². The summed E-state index contributed by atoms with van der Waals surface area (Å²) in [4.78, 5) is 15.7. The summed E-state index contributed by atoms with van der Waals surface area (Å²) in [7, 11) is 0. The highest BCUT2D eigenvalue weighted by Crippen LogP contribution is 2.12. The molecule has 0 aromatic rings. The van der Waals surface area contributed by atoms with E-state index in [0.717, 1.165) is 6.20 Å². The lowest BCUT2D eigenvalue weighted by Crippen LogP contribution is -2.49. The molecular formula is C14H24ClFN4O2. The Morgan fingerprint density at radius 2 is 2.09 bits per heavy atom. The molecule has 0 saturated heterocycles. The highest BCUT2D eigenvalue weighted by atomic mass is 35.5. The van der Waals surface area contributed by atoms with Crippen molar-refractivity contribution in [1.82, 2.24) is 10.4 Å². The molecule has 0 aliphatic rings. The van der Waals surface area contributed by atoms with Gasteiger partial charge in [0.2, 0.25) is 0 Å². The Hall–Kier alpha value is -1.76. The van der Waals surface area contributed by atoms with E-state index in [4.69, 9.17) is 22.1 Å².